The van der Waals surface area contributed by atoms with Crippen LogP contribution in [0.15, 0.2) is 0 Å². The Morgan fingerprint density at radius 2 is 1.60 bits per heavy atom. The SMILES string of the molecule is CC(C)N1CC[N]([RaH])CC1. The summed E-state index contributed by atoms with van der Waals surface area (Å²) in [7, 11) is 0. The second kappa shape index (κ2) is 4.42. The van der Waals surface area contributed by atoms with Crippen molar-refractivity contribution in [3.05, 3.63) is 0 Å². The van der Waals surface area contributed by atoms with E-state index in [4.69, 9.17) is 0 Å². The molecule has 0 bridgehead atoms. The molecule has 0 aromatic carbocycles. The Balaban J connectivity index is 2.26. The van der Waals surface area contributed by atoms with Gasteiger partial charge in [0.05, 0.1) is 0 Å². The van der Waals surface area contributed by atoms with Crippen molar-refractivity contribution in [2.45, 2.75) is 19.9 Å². The topological polar surface area (TPSA) is 6.48 Å². The summed E-state index contributed by atoms with van der Waals surface area (Å²) in [6, 6.07) is 0.756. The molecule has 0 aliphatic carbocycles. The van der Waals surface area contributed by atoms with Gasteiger partial charge in [-0.15, -0.1) is 0 Å². The van der Waals surface area contributed by atoms with Crippen LogP contribution in [0.1, 0.15) is 13.8 Å². The molecule has 1 aliphatic rings. The monoisotopic (exact) mass is 354 g/mol. The van der Waals surface area contributed by atoms with Crippen molar-refractivity contribution in [2.75, 3.05) is 26.2 Å². The van der Waals surface area contributed by atoms with Crippen molar-refractivity contribution in [1.29, 1.82) is 0 Å². The van der Waals surface area contributed by atoms with Gasteiger partial charge in [-0.1, -0.05) is 0 Å². The fraction of sp³-hybridized carbons (Fsp3) is 1.00. The molecule has 0 aromatic rings. The zero-order valence-corrected chi connectivity index (χ0v) is 15.5. The van der Waals surface area contributed by atoms with Gasteiger partial charge < -0.3 is 0 Å². The van der Waals surface area contributed by atoms with Crippen LogP contribution in [0, 0.1) is 43.2 Å². The Bertz CT molecular complexity index is 97.8. The average Bonchev–Trinajstić information content (AvgIpc) is 1.88. The van der Waals surface area contributed by atoms with Gasteiger partial charge in [-0.25, -0.2) is 0 Å². The molecule has 10 heavy (non-hydrogen) atoms. The second-order valence-corrected chi connectivity index (χ2v) is 8.63. The van der Waals surface area contributed by atoms with Crippen LogP contribution < -0.4 is 0 Å². The zero-order chi connectivity index (χ0) is 7.56. The van der Waals surface area contributed by atoms with Gasteiger partial charge in [0.1, 0.15) is 0 Å². The van der Waals surface area contributed by atoms with E-state index in [2.05, 4.69) is 19.2 Å². The molecule has 1 saturated heterocycles. The fourth-order valence-electron chi connectivity index (χ4n) is 1.34. The first-order valence-corrected chi connectivity index (χ1v) is 7.80. The first-order valence-electron chi connectivity index (χ1n) is 4.13. The third-order valence-corrected chi connectivity index (χ3v) is 5.94. The normalized spacial score (nSPS) is 23.8. The van der Waals surface area contributed by atoms with Crippen LogP contribution in [0.3, 0.4) is 0 Å². The van der Waals surface area contributed by atoms with Crippen molar-refractivity contribution < 1.29 is 43.2 Å². The summed E-state index contributed by atoms with van der Waals surface area (Å²) in [5.74, 6) is 0. The van der Waals surface area contributed by atoms with E-state index in [0.29, 0.717) is 43.2 Å². The Hall–Kier alpha value is 1.39. The van der Waals surface area contributed by atoms with Gasteiger partial charge in [-0.3, -0.25) is 0 Å². The Morgan fingerprint density at radius 3 is 2.00 bits per heavy atom. The maximum atomic E-state index is 2.62. The van der Waals surface area contributed by atoms with E-state index in [1.54, 1.807) is 0 Å². The maximum absolute atomic E-state index is 2.62. The molecular formula is C7H16N2Ra. The van der Waals surface area contributed by atoms with Crippen molar-refractivity contribution in [3.8, 4) is 0 Å². The summed E-state index contributed by atoms with van der Waals surface area (Å²) >= 11 is 0.626. The van der Waals surface area contributed by atoms with Crippen molar-refractivity contribution in [3.63, 3.8) is 0 Å². The van der Waals surface area contributed by atoms with Crippen LogP contribution in [0.4, 0.5) is 0 Å². The molecular weight excluding hydrogens is 338 g/mol. The van der Waals surface area contributed by atoms with E-state index in [-0.39, 0.29) is 0 Å². The molecule has 56 valence electrons. The first kappa shape index (κ1) is 9.48. The van der Waals surface area contributed by atoms with E-state index < -0.39 is 0 Å². The second-order valence-electron chi connectivity index (χ2n) is 3.43. The molecule has 2 nitrogen and oxygen atoms in total. The molecule has 1 rings (SSSR count). The number of rotatable bonds is 1. The summed E-state index contributed by atoms with van der Waals surface area (Å²) in [5, 5.41) is 0. The summed E-state index contributed by atoms with van der Waals surface area (Å²) in [5.41, 5.74) is 0. The molecule has 0 N–H and O–H groups in total. The predicted octanol–water partition coefficient (Wildman–Crippen LogP) is 0.209. The zero-order valence-electron chi connectivity index (χ0n) is 7.30. The number of piperazine rings is 1. The third-order valence-electron chi connectivity index (χ3n) is 2.27. The van der Waals surface area contributed by atoms with Gasteiger partial charge in [0.15, 0.2) is 0 Å². The van der Waals surface area contributed by atoms with Gasteiger partial charge >= 0.3 is 94.6 Å². The Labute approximate surface area is 93.5 Å². The van der Waals surface area contributed by atoms with Crippen LogP contribution in [0.25, 0.3) is 0 Å². The fourth-order valence-corrected chi connectivity index (χ4v) is 2.98. The summed E-state index contributed by atoms with van der Waals surface area (Å²) in [4.78, 5) is 2.56. The first-order chi connectivity index (χ1) is 4.70. The molecule has 0 amide bonds. The van der Waals surface area contributed by atoms with Gasteiger partial charge in [-0.05, 0) is 0 Å². The molecule has 3 heteroatoms. The van der Waals surface area contributed by atoms with E-state index in [1.165, 1.54) is 26.2 Å². The number of nitrogens with zero attached hydrogens (tertiary/aromatic N) is 2. The van der Waals surface area contributed by atoms with Gasteiger partial charge in [-0.2, -0.15) is 0 Å². The van der Waals surface area contributed by atoms with Crippen LogP contribution >= 0.6 is 0 Å². The molecule has 1 aliphatic heterocycles. The molecule has 0 aromatic heterocycles. The van der Waals surface area contributed by atoms with E-state index >= 15 is 0 Å². The van der Waals surface area contributed by atoms with Crippen molar-refractivity contribution in [1.82, 2.24) is 5.33 Å². The van der Waals surface area contributed by atoms with Crippen LogP contribution in [-0.2, 0) is 0 Å². The predicted molar refractivity (Wildman–Crippen MR) is 39.7 cm³/mol. The molecule has 0 radical (unpaired) electrons. The Morgan fingerprint density at radius 1 is 1.10 bits per heavy atom. The van der Waals surface area contributed by atoms with Gasteiger partial charge in [0.25, 0.3) is 0 Å². The summed E-state index contributed by atoms with van der Waals surface area (Å²) in [6.07, 6.45) is 0. The Kier molecular flexibility index (Phi) is 4.19. The minimum absolute atomic E-state index is 0.626. The molecule has 0 spiro atoms. The molecule has 1 heterocycles. The van der Waals surface area contributed by atoms with Crippen molar-refractivity contribution >= 4 is 0 Å². The van der Waals surface area contributed by atoms with Crippen LogP contribution in [0.2, 0.25) is 0 Å². The molecule has 1 fully saturated rings. The average molecular weight is 354 g/mol. The summed E-state index contributed by atoms with van der Waals surface area (Å²) < 4.78 is 2.62. The van der Waals surface area contributed by atoms with Gasteiger partial charge in [0, 0.05) is 0 Å². The molecule has 0 saturated carbocycles. The van der Waals surface area contributed by atoms with E-state index in [0.717, 1.165) is 6.04 Å². The van der Waals surface area contributed by atoms with E-state index in [9.17, 15) is 0 Å². The minimum atomic E-state index is 0.626. The van der Waals surface area contributed by atoms with Gasteiger partial charge in [0.2, 0.25) is 0 Å². The molecule has 0 unspecified atom stereocenters. The quantitative estimate of drug-likeness (QED) is 0.664. The number of hydrogen-bond acceptors (Lipinski definition) is 2. The van der Waals surface area contributed by atoms with Crippen LogP contribution in [-0.4, -0.2) is 37.6 Å². The standard InChI is InChI=1S/C7H15N2.Ra.H/c1-7(2)9-5-3-8-4-6-9;;/h7H,3-6H2,1-2H3;;/q-1;+1;. The molecule has 0 atom stereocenters. The van der Waals surface area contributed by atoms with E-state index in [1.807, 2.05) is 0 Å². The van der Waals surface area contributed by atoms with Crippen molar-refractivity contribution in [2.24, 2.45) is 0 Å². The summed E-state index contributed by atoms with van der Waals surface area (Å²) in [6.45, 7) is 9.85. The number of hydrogen-bond donors (Lipinski definition) is 0. The third kappa shape index (κ3) is 2.79. The van der Waals surface area contributed by atoms with Crippen LogP contribution in [0.5, 0.6) is 0 Å².